The first-order valence-corrected chi connectivity index (χ1v) is 10.1. The number of nitrogens with zero attached hydrogens (tertiary/aromatic N) is 3. The number of carbonyl (C=O) groups excluding carboxylic acids is 1. The molecular formula is C20H29F2N3O2. The summed E-state index contributed by atoms with van der Waals surface area (Å²) in [4.78, 5) is 17.1. The van der Waals surface area contributed by atoms with Crippen molar-refractivity contribution in [2.75, 3.05) is 19.6 Å². The number of hydrogen-bond donors (Lipinski definition) is 0. The fraction of sp³-hybridized carbons (Fsp3) is 0.800. The molecule has 4 rings (SSSR count). The van der Waals surface area contributed by atoms with Gasteiger partial charge in [0.25, 0.3) is 0 Å². The first-order chi connectivity index (χ1) is 12.8. The van der Waals surface area contributed by atoms with Crippen molar-refractivity contribution in [3.05, 3.63) is 17.0 Å². The quantitative estimate of drug-likeness (QED) is 0.798. The van der Waals surface area contributed by atoms with E-state index in [2.05, 4.69) is 15.0 Å². The van der Waals surface area contributed by atoms with Gasteiger partial charge in [0.15, 0.2) is 0 Å². The van der Waals surface area contributed by atoms with Crippen LogP contribution in [0.5, 0.6) is 0 Å². The van der Waals surface area contributed by atoms with Gasteiger partial charge in [-0.3, -0.25) is 4.79 Å². The van der Waals surface area contributed by atoms with Crippen LogP contribution in [0.15, 0.2) is 4.52 Å². The molecule has 2 aliphatic heterocycles. The highest BCUT2D eigenvalue weighted by Gasteiger charge is 2.48. The van der Waals surface area contributed by atoms with Crippen LogP contribution in [0.3, 0.4) is 0 Å². The van der Waals surface area contributed by atoms with Crippen molar-refractivity contribution in [1.82, 2.24) is 15.0 Å². The van der Waals surface area contributed by atoms with Crippen LogP contribution in [0.25, 0.3) is 0 Å². The maximum Gasteiger partial charge on any atom is 0.248 e. The lowest BCUT2D eigenvalue weighted by atomic mass is 9.81. The lowest BCUT2D eigenvalue weighted by Crippen LogP contribution is -2.46. The molecule has 1 saturated carbocycles. The highest BCUT2D eigenvalue weighted by molar-refractivity contribution is 5.79. The lowest BCUT2D eigenvalue weighted by molar-refractivity contribution is -0.132. The van der Waals surface area contributed by atoms with Gasteiger partial charge in [-0.05, 0) is 52.0 Å². The van der Waals surface area contributed by atoms with E-state index in [4.69, 9.17) is 4.52 Å². The summed E-state index contributed by atoms with van der Waals surface area (Å²) < 4.78 is 31.5. The Morgan fingerprint density at radius 1 is 1.19 bits per heavy atom. The van der Waals surface area contributed by atoms with Gasteiger partial charge >= 0.3 is 0 Å². The minimum atomic E-state index is -2.44. The Morgan fingerprint density at radius 2 is 1.96 bits per heavy atom. The van der Waals surface area contributed by atoms with Crippen molar-refractivity contribution < 1.29 is 18.1 Å². The molecule has 0 aromatic carbocycles. The molecule has 7 heteroatoms. The SMILES string of the molecule is Cc1noc(C)c1CN1C(=O)CCC12CCCN(CC1CC(F)(F)C1)CC2. The molecule has 1 aromatic rings. The summed E-state index contributed by atoms with van der Waals surface area (Å²) >= 11 is 0. The Bertz CT molecular complexity index is 693. The molecule has 2 saturated heterocycles. The summed E-state index contributed by atoms with van der Waals surface area (Å²) in [7, 11) is 0. The third kappa shape index (κ3) is 3.62. The number of alkyl halides is 2. The summed E-state index contributed by atoms with van der Waals surface area (Å²) in [5.41, 5.74) is 1.76. The third-order valence-electron chi connectivity index (χ3n) is 6.88. The summed E-state index contributed by atoms with van der Waals surface area (Å²) in [6.07, 6.45) is 4.47. The molecule has 1 spiro atoms. The standard InChI is InChI=1S/C20H29F2N3O2/c1-14-17(15(2)27-23-14)13-25-18(26)4-6-19(25)5-3-8-24(9-7-19)12-16-10-20(21,22)11-16/h16H,3-13H2,1-2H3. The van der Waals surface area contributed by atoms with Gasteiger partial charge in [-0.2, -0.15) is 0 Å². The highest BCUT2D eigenvalue weighted by Crippen LogP contribution is 2.44. The smallest absolute Gasteiger partial charge is 0.248 e. The second-order valence-electron chi connectivity index (χ2n) is 8.79. The largest absolute Gasteiger partial charge is 0.361 e. The highest BCUT2D eigenvalue weighted by atomic mass is 19.3. The van der Waals surface area contributed by atoms with Gasteiger partial charge in [0.05, 0.1) is 12.2 Å². The van der Waals surface area contributed by atoms with E-state index in [9.17, 15) is 13.6 Å². The maximum atomic E-state index is 13.1. The average Bonchev–Trinajstić information content (AvgIpc) is 2.96. The Labute approximate surface area is 159 Å². The van der Waals surface area contributed by atoms with E-state index in [1.807, 2.05) is 13.8 Å². The number of rotatable bonds is 4. The summed E-state index contributed by atoms with van der Waals surface area (Å²) in [5, 5.41) is 4.03. The molecule has 0 bridgehead atoms. The summed E-state index contributed by atoms with van der Waals surface area (Å²) in [6.45, 7) is 6.97. The van der Waals surface area contributed by atoms with Gasteiger partial charge in [-0.1, -0.05) is 5.16 Å². The van der Waals surface area contributed by atoms with Gasteiger partial charge in [-0.25, -0.2) is 8.78 Å². The van der Waals surface area contributed by atoms with E-state index in [0.29, 0.717) is 13.0 Å². The first-order valence-electron chi connectivity index (χ1n) is 10.1. The van der Waals surface area contributed by atoms with Crippen LogP contribution < -0.4 is 0 Å². The number of aromatic nitrogens is 1. The number of halogens is 2. The molecule has 27 heavy (non-hydrogen) atoms. The fourth-order valence-corrected chi connectivity index (χ4v) is 5.23. The van der Waals surface area contributed by atoms with Gasteiger partial charge in [0.2, 0.25) is 11.8 Å². The zero-order valence-electron chi connectivity index (χ0n) is 16.3. The molecular weight excluding hydrogens is 352 g/mol. The Hall–Kier alpha value is -1.50. The molecule has 1 aromatic heterocycles. The van der Waals surface area contributed by atoms with Gasteiger partial charge in [-0.15, -0.1) is 0 Å². The van der Waals surface area contributed by atoms with E-state index in [1.165, 1.54) is 0 Å². The van der Waals surface area contributed by atoms with Crippen LogP contribution in [-0.2, 0) is 11.3 Å². The maximum absolute atomic E-state index is 13.1. The van der Waals surface area contributed by atoms with Crippen LogP contribution in [0, 0.1) is 19.8 Å². The minimum absolute atomic E-state index is 0.0330. The van der Waals surface area contributed by atoms with E-state index >= 15 is 0 Å². The predicted molar refractivity (Wildman–Crippen MR) is 96.5 cm³/mol. The third-order valence-corrected chi connectivity index (χ3v) is 6.88. The molecule has 5 nitrogen and oxygen atoms in total. The summed E-state index contributed by atoms with van der Waals surface area (Å²) in [5.74, 6) is -1.33. The molecule has 1 atom stereocenters. The number of aryl methyl sites for hydroxylation is 2. The zero-order valence-corrected chi connectivity index (χ0v) is 16.3. The van der Waals surface area contributed by atoms with E-state index in [1.54, 1.807) is 0 Å². The molecule has 3 aliphatic rings. The molecule has 1 unspecified atom stereocenters. The van der Waals surface area contributed by atoms with Gasteiger partial charge < -0.3 is 14.3 Å². The van der Waals surface area contributed by atoms with Crippen LogP contribution in [-0.4, -0.2) is 52.0 Å². The molecule has 150 valence electrons. The predicted octanol–water partition coefficient (Wildman–Crippen LogP) is 3.68. The summed E-state index contributed by atoms with van der Waals surface area (Å²) in [6, 6.07) is 0. The Kier molecular flexibility index (Phi) is 4.77. The number of hydrogen-bond acceptors (Lipinski definition) is 4. The van der Waals surface area contributed by atoms with Crippen molar-refractivity contribution in [2.24, 2.45) is 5.92 Å². The van der Waals surface area contributed by atoms with E-state index in [-0.39, 0.29) is 30.2 Å². The minimum Gasteiger partial charge on any atom is -0.361 e. The van der Waals surface area contributed by atoms with Crippen molar-refractivity contribution in [1.29, 1.82) is 0 Å². The average molecular weight is 381 g/mol. The van der Waals surface area contributed by atoms with E-state index < -0.39 is 5.92 Å². The molecule has 1 amide bonds. The fourth-order valence-electron chi connectivity index (χ4n) is 5.23. The zero-order chi connectivity index (χ0) is 19.2. The molecule has 0 N–H and O–H groups in total. The lowest BCUT2D eigenvalue weighted by Gasteiger charge is -2.39. The number of carbonyl (C=O) groups is 1. The van der Waals surface area contributed by atoms with Crippen LogP contribution in [0.1, 0.15) is 62.0 Å². The molecule has 3 heterocycles. The number of amides is 1. The Balaban J connectivity index is 1.43. The Morgan fingerprint density at radius 3 is 2.63 bits per heavy atom. The van der Waals surface area contributed by atoms with Crippen molar-refractivity contribution in [2.45, 2.75) is 76.8 Å². The molecule has 0 radical (unpaired) electrons. The topological polar surface area (TPSA) is 49.6 Å². The first kappa shape index (κ1) is 18.8. The molecule has 1 aliphatic carbocycles. The normalized spacial score (nSPS) is 29.3. The van der Waals surface area contributed by atoms with Gasteiger partial charge in [0, 0.05) is 43.5 Å². The van der Waals surface area contributed by atoms with Crippen LogP contribution in [0.4, 0.5) is 8.78 Å². The second kappa shape index (κ2) is 6.83. The van der Waals surface area contributed by atoms with Gasteiger partial charge in [0.1, 0.15) is 5.76 Å². The van der Waals surface area contributed by atoms with Crippen LogP contribution in [0.2, 0.25) is 0 Å². The monoisotopic (exact) mass is 381 g/mol. The van der Waals surface area contributed by atoms with Crippen molar-refractivity contribution in [3.8, 4) is 0 Å². The van der Waals surface area contributed by atoms with Crippen molar-refractivity contribution >= 4 is 5.91 Å². The van der Waals surface area contributed by atoms with Crippen LogP contribution >= 0.6 is 0 Å². The van der Waals surface area contributed by atoms with E-state index in [0.717, 1.165) is 62.3 Å². The van der Waals surface area contributed by atoms with Crippen molar-refractivity contribution in [3.63, 3.8) is 0 Å². The second-order valence-corrected chi connectivity index (χ2v) is 8.79. The molecule has 3 fully saturated rings. The number of likely N-dealkylation sites (tertiary alicyclic amines) is 2.